The SMILES string of the molecule is Cc1ccc(C2CCCC(=O)C2c2ccccc2)cc1C. The molecule has 0 aromatic heterocycles. The van der Waals surface area contributed by atoms with E-state index in [1.807, 2.05) is 18.2 Å². The molecule has 1 heteroatoms. The Morgan fingerprint density at radius 3 is 2.38 bits per heavy atom. The highest BCUT2D eigenvalue weighted by molar-refractivity contribution is 5.87. The van der Waals surface area contributed by atoms with Crippen LogP contribution in [0.4, 0.5) is 0 Å². The van der Waals surface area contributed by atoms with Gasteiger partial charge in [-0.2, -0.15) is 0 Å². The van der Waals surface area contributed by atoms with Gasteiger partial charge in [-0.05, 0) is 54.9 Å². The summed E-state index contributed by atoms with van der Waals surface area (Å²) in [6.45, 7) is 4.29. The van der Waals surface area contributed by atoms with Gasteiger partial charge in [-0.15, -0.1) is 0 Å². The number of rotatable bonds is 2. The van der Waals surface area contributed by atoms with E-state index in [0.717, 1.165) is 19.3 Å². The maximum Gasteiger partial charge on any atom is 0.140 e. The van der Waals surface area contributed by atoms with Crippen molar-refractivity contribution in [2.24, 2.45) is 0 Å². The summed E-state index contributed by atoms with van der Waals surface area (Å²) in [6, 6.07) is 17.0. The normalized spacial score (nSPS) is 22.3. The predicted molar refractivity (Wildman–Crippen MR) is 86.7 cm³/mol. The summed E-state index contributed by atoms with van der Waals surface area (Å²) in [7, 11) is 0. The molecule has 2 aromatic rings. The predicted octanol–water partition coefficient (Wildman–Crippen LogP) is 4.92. The highest BCUT2D eigenvalue weighted by Crippen LogP contribution is 2.42. The minimum absolute atomic E-state index is 0.0297. The molecule has 2 atom stereocenters. The summed E-state index contributed by atoms with van der Waals surface area (Å²) in [5.41, 5.74) is 5.12. The van der Waals surface area contributed by atoms with Crippen LogP contribution in [0.2, 0.25) is 0 Å². The fraction of sp³-hybridized carbons (Fsp3) is 0.350. The van der Waals surface area contributed by atoms with E-state index in [0.29, 0.717) is 11.7 Å². The number of carbonyl (C=O) groups is 1. The molecule has 0 aliphatic heterocycles. The second-order valence-electron chi connectivity index (χ2n) is 6.20. The van der Waals surface area contributed by atoms with Crippen molar-refractivity contribution in [3.8, 4) is 0 Å². The lowest BCUT2D eigenvalue weighted by atomic mass is 9.71. The number of aryl methyl sites for hydroxylation is 2. The van der Waals surface area contributed by atoms with Gasteiger partial charge >= 0.3 is 0 Å². The van der Waals surface area contributed by atoms with Crippen LogP contribution < -0.4 is 0 Å². The summed E-state index contributed by atoms with van der Waals surface area (Å²) >= 11 is 0. The third-order valence-corrected chi connectivity index (χ3v) is 4.81. The summed E-state index contributed by atoms with van der Waals surface area (Å²) in [5, 5.41) is 0. The van der Waals surface area contributed by atoms with Gasteiger partial charge in [0.25, 0.3) is 0 Å². The first-order valence-electron chi connectivity index (χ1n) is 7.81. The fourth-order valence-corrected chi connectivity index (χ4v) is 3.48. The van der Waals surface area contributed by atoms with E-state index < -0.39 is 0 Å². The van der Waals surface area contributed by atoms with Crippen LogP contribution in [0.25, 0.3) is 0 Å². The molecular formula is C20H22O. The van der Waals surface area contributed by atoms with Crippen LogP contribution in [-0.4, -0.2) is 5.78 Å². The van der Waals surface area contributed by atoms with Gasteiger partial charge in [0.2, 0.25) is 0 Å². The lowest BCUT2D eigenvalue weighted by Crippen LogP contribution is -2.25. The van der Waals surface area contributed by atoms with Crippen LogP contribution in [0, 0.1) is 13.8 Å². The fourth-order valence-electron chi connectivity index (χ4n) is 3.48. The first-order chi connectivity index (χ1) is 10.2. The van der Waals surface area contributed by atoms with Gasteiger partial charge in [0, 0.05) is 12.3 Å². The molecule has 1 nitrogen and oxygen atoms in total. The second kappa shape index (κ2) is 5.85. The van der Waals surface area contributed by atoms with Crippen molar-refractivity contribution < 1.29 is 4.79 Å². The van der Waals surface area contributed by atoms with Crippen molar-refractivity contribution in [2.45, 2.75) is 44.9 Å². The number of Topliss-reactive ketones (excluding diaryl/α,β-unsaturated/α-hetero) is 1. The quantitative estimate of drug-likeness (QED) is 0.761. The van der Waals surface area contributed by atoms with Crippen molar-refractivity contribution in [1.82, 2.24) is 0 Å². The maximum atomic E-state index is 12.5. The third-order valence-electron chi connectivity index (χ3n) is 4.81. The molecule has 0 saturated heterocycles. The number of carbonyl (C=O) groups excluding carboxylic acids is 1. The number of hydrogen-bond acceptors (Lipinski definition) is 1. The van der Waals surface area contributed by atoms with Crippen molar-refractivity contribution in [3.63, 3.8) is 0 Å². The third kappa shape index (κ3) is 2.78. The lowest BCUT2D eigenvalue weighted by molar-refractivity contribution is -0.122. The minimum Gasteiger partial charge on any atom is -0.299 e. The summed E-state index contributed by atoms with van der Waals surface area (Å²) < 4.78 is 0. The Morgan fingerprint density at radius 1 is 0.905 bits per heavy atom. The molecule has 0 radical (unpaired) electrons. The first kappa shape index (κ1) is 14.1. The summed E-state index contributed by atoms with van der Waals surface area (Å²) in [6.07, 6.45) is 2.84. The van der Waals surface area contributed by atoms with E-state index in [1.54, 1.807) is 0 Å². The van der Waals surface area contributed by atoms with Crippen LogP contribution in [0.15, 0.2) is 48.5 Å². The molecule has 0 spiro atoms. The zero-order valence-corrected chi connectivity index (χ0v) is 12.8. The lowest BCUT2D eigenvalue weighted by Gasteiger charge is -2.31. The van der Waals surface area contributed by atoms with E-state index in [4.69, 9.17) is 0 Å². The zero-order chi connectivity index (χ0) is 14.8. The molecule has 21 heavy (non-hydrogen) atoms. The smallest absolute Gasteiger partial charge is 0.140 e. The van der Waals surface area contributed by atoms with E-state index in [9.17, 15) is 4.79 Å². The average Bonchev–Trinajstić information content (AvgIpc) is 2.50. The molecule has 0 bridgehead atoms. The van der Waals surface area contributed by atoms with E-state index >= 15 is 0 Å². The molecule has 1 saturated carbocycles. The van der Waals surface area contributed by atoms with Crippen LogP contribution in [0.1, 0.15) is 53.4 Å². The average molecular weight is 278 g/mol. The molecule has 0 amide bonds. The molecule has 2 unspecified atom stereocenters. The first-order valence-corrected chi connectivity index (χ1v) is 7.81. The second-order valence-corrected chi connectivity index (χ2v) is 6.20. The molecule has 1 aliphatic carbocycles. The van der Waals surface area contributed by atoms with Crippen LogP contribution in [0.5, 0.6) is 0 Å². The number of ketones is 1. The Labute approximate surface area is 127 Å². The van der Waals surface area contributed by atoms with E-state index in [1.165, 1.54) is 22.3 Å². The van der Waals surface area contributed by atoms with Crippen LogP contribution in [-0.2, 0) is 4.79 Å². The van der Waals surface area contributed by atoms with Crippen LogP contribution >= 0.6 is 0 Å². The van der Waals surface area contributed by atoms with Crippen molar-refractivity contribution in [1.29, 1.82) is 0 Å². The number of benzene rings is 2. The summed E-state index contributed by atoms with van der Waals surface area (Å²) in [5.74, 6) is 0.755. The molecular weight excluding hydrogens is 256 g/mol. The van der Waals surface area contributed by atoms with Gasteiger partial charge < -0.3 is 0 Å². The topological polar surface area (TPSA) is 17.1 Å². The molecule has 108 valence electrons. The Hall–Kier alpha value is -1.89. The van der Waals surface area contributed by atoms with Crippen molar-refractivity contribution in [3.05, 3.63) is 70.8 Å². The standard InChI is InChI=1S/C20H22O/c1-14-11-12-17(13-15(14)2)18-9-6-10-19(21)20(18)16-7-4-3-5-8-16/h3-5,7-8,11-13,18,20H,6,9-10H2,1-2H3. The van der Waals surface area contributed by atoms with E-state index in [2.05, 4.69) is 44.2 Å². The van der Waals surface area contributed by atoms with Gasteiger partial charge in [0.05, 0.1) is 0 Å². The Kier molecular flexibility index (Phi) is 3.92. The minimum atomic E-state index is 0.0297. The molecule has 1 fully saturated rings. The Bertz CT molecular complexity index is 642. The monoisotopic (exact) mass is 278 g/mol. The van der Waals surface area contributed by atoms with Gasteiger partial charge in [-0.25, -0.2) is 0 Å². The van der Waals surface area contributed by atoms with Gasteiger partial charge in [0.1, 0.15) is 5.78 Å². The maximum absolute atomic E-state index is 12.5. The van der Waals surface area contributed by atoms with Crippen LogP contribution in [0.3, 0.4) is 0 Å². The molecule has 1 aliphatic rings. The van der Waals surface area contributed by atoms with Gasteiger partial charge in [-0.3, -0.25) is 4.79 Å². The highest BCUT2D eigenvalue weighted by Gasteiger charge is 2.33. The number of hydrogen-bond donors (Lipinski definition) is 0. The van der Waals surface area contributed by atoms with Gasteiger partial charge in [0.15, 0.2) is 0 Å². The molecule has 0 heterocycles. The highest BCUT2D eigenvalue weighted by atomic mass is 16.1. The molecule has 2 aromatic carbocycles. The van der Waals surface area contributed by atoms with E-state index in [-0.39, 0.29) is 5.92 Å². The summed E-state index contributed by atoms with van der Waals surface area (Å²) in [4.78, 5) is 12.5. The zero-order valence-electron chi connectivity index (χ0n) is 12.8. The Morgan fingerprint density at radius 2 is 1.67 bits per heavy atom. The Balaban J connectivity index is 2.01. The molecule has 3 rings (SSSR count). The molecule has 0 N–H and O–H groups in total. The van der Waals surface area contributed by atoms with Gasteiger partial charge in [-0.1, -0.05) is 48.5 Å². The largest absolute Gasteiger partial charge is 0.299 e. The van der Waals surface area contributed by atoms with Crippen molar-refractivity contribution in [2.75, 3.05) is 0 Å². The van der Waals surface area contributed by atoms with Crippen molar-refractivity contribution >= 4 is 5.78 Å².